The molecule has 126 valence electrons. The van der Waals surface area contributed by atoms with Gasteiger partial charge in [-0.1, -0.05) is 13.8 Å². The zero-order chi connectivity index (χ0) is 17.3. The largest absolute Gasteiger partial charge is 0.388 e. The molecular formula is C19H29N3O. The third-order valence-corrected chi connectivity index (χ3v) is 4.53. The molecular weight excluding hydrogens is 286 g/mol. The van der Waals surface area contributed by atoms with Gasteiger partial charge in [0.1, 0.15) is 0 Å². The van der Waals surface area contributed by atoms with Crippen molar-refractivity contribution in [1.82, 2.24) is 4.90 Å². The molecule has 23 heavy (non-hydrogen) atoms. The zero-order valence-electron chi connectivity index (χ0n) is 15.2. The highest BCUT2D eigenvalue weighted by Crippen LogP contribution is 2.37. The Kier molecular flexibility index (Phi) is 4.73. The summed E-state index contributed by atoms with van der Waals surface area (Å²) in [7, 11) is 1.88. The Morgan fingerprint density at radius 2 is 1.70 bits per heavy atom. The molecule has 1 aliphatic heterocycles. The fourth-order valence-corrected chi connectivity index (χ4v) is 2.74. The van der Waals surface area contributed by atoms with Gasteiger partial charge in [-0.3, -0.25) is 4.79 Å². The normalized spacial score (nSPS) is 17.5. The van der Waals surface area contributed by atoms with Gasteiger partial charge in [0.15, 0.2) is 0 Å². The number of nitrogens with zero attached hydrogens (tertiary/aromatic N) is 1. The Morgan fingerprint density at radius 1 is 1.13 bits per heavy atom. The van der Waals surface area contributed by atoms with Gasteiger partial charge in [0.2, 0.25) is 0 Å². The van der Waals surface area contributed by atoms with Crippen LogP contribution in [0.4, 0.5) is 11.4 Å². The maximum Gasteiger partial charge on any atom is 0.253 e. The maximum absolute atomic E-state index is 12.8. The summed E-state index contributed by atoms with van der Waals surface area (Å²) in [6.45, 7) is 11.8. The van der Waals surface area contributed by atoms with Gasteiger partial charge in [-0.25, -0.2) is 0 Å². The van der Waals surface area contributed by atoms with Gasteiger partial charge in [-0.15, -0.1) is 0 Å². The van der Waals surface area contributed by atoms with Crippen LogP contribution in [0.2, 0.25) is 0 Å². The van der Waals surface area contributed by atoms with Crippen molar-refractivity contribution in [2.75, 3.05) is 24.2 Å². The molecule has 1 amide bonds. The van der Waals surface area contributed by atoms with E-state index in [9.17, 15) is 4.79 Å². The number of nitrogens with one attached hydrogen (secondary N) is 2. The quantitative estimate of drug-likeness (QED) is 0.883. The summed E-state index contributed by atoms with van der Waals surface area (Å²) in [5.41, 5.74) is 2.60. The first-order chi connectivity index (χ1) is 10.6. The third-order valence-electron chi connectivity index (χ3n) is 4.53. The summed E-state index contributed by atoms with van der Waals surface area (Å²) < 4.78 is 0. The highest BCUT2D eigenvalue weighted by Gasteiger charge is 2.35. The number of amides is 1. The standard InChI is InChI=1S/C19H29N3O/c1-18(2,3)22-12-11-19(4,5)16(13-22)17(23)21-15-9-7-14(20-6)8-10-15/h7-10,13,20H,11-12H2,1-6H3,(H,21,23). The highest BCUT2D eigenvalue weighted by atomic mass is 16.1. The molecule has 0 unspecified atom stereocenters. The smallest absolute Gasteiger partial charge is 0.253 e. The Labute approximate surface area is 140 Å². The summed E-state index contributed by atoms with van der Waals surface area (Å²) in [6, 6.07) is 7.75. The van der Waals surface area contributed by atoms with Crippen LogP contribution >= 0.6 is 0 Å². The molecule has 2 N–H and O–H groups in total. The van der Waals surface area contributed by atoms with Crippen LogP contribution in [0.1, 0.15) is 41.0 Å². The van der Waals surface area contributed by atoms with Crippen molar-refractivity contribution < 1.29 is 4.79 Å². The number of rotatable bonds is 3. The second-order valence-electron chi connectivity index (χ2n) is 7.82. The number of benzene rings is 1. The van der Waals surface area contributed by atoms with Gasteiger partial charge >= 0.3 is 0 Å². The lowest BCUT2D eigenvalue weighted by Gasteiger charge is -2.43. The van der Waals surface area contributed by atoms with Crippen LogP contribution in [0.3, 0.4) is 0 Å². The van der Waals surface area contributed by atoms with E-state index in [1.165, 1.54) is 0 Å². The van der Waals surface area contributed by atoms with E-state index in [1.54, 1.807) is 0 Å². The van der Waals surface area contributed by atoms with Crippen molar-refractivity contribution >= 4 is 17.3 Å². The van der Waals surface area contributed by atoms with Gasteiger partial charge in [-0.05, 0) is 56.9 Å². The number of hydrogen-bond donors (Lipinski definition) is 2. The predicted octanol–water partition coefficient (Wildman–Crippen LogP) is 4.08. The average Bonchev–Trinajstić information content (AvgIpc) is 2.46. The summed E-state index contributed by atoms with van der Waals surface area (Å²) in [4.78, 5) is 15.0. The number of carbonyl (C=O) groups is 1. The van der Waals surface area contributed by atoms with E-state index in [0.717, 1.165) is 29.9 Å². The van der Waals surface area contributed by atoms with Crippen LogP contribution in [-0.2, 0) is 4.79 Å². The van der Waals surface area contributed by atoms with Crippen molar-refractivity contribution in [3.63, 3.8) is 0 Å². The van der Waals surface area contributed by atoms with Crippen LogP contribution in [-0.4, -0.2) is 29.9 Å². The maximum atomic E-state index is 12.8. The molecule has 0 saturated carbocycles. The molecule has 0 radical (unpaired) electrons. The second-order valence-corrected chi connectivity index (χ2v) is 7.82. The number of carbonyl (C=O) groups excluding carboxylic acids is 1. The van der Waals surface area contributed by atoms with Gasteiger partial charge in [0.25, 0.3) is 5.91 Å². The molecule has 1 aromatic carbocycles. The average molecular weight is 315 g/mol. The first kappa shape index (κ1) is 17.4. The van der Waals surface area contributed by atoms with E-state index in [-0.39, 0.29) is 16.9 Å². The van der Waals surface area contributed by atoms with Crippen LogP contribution in [0.5, 0.6) is 0 Å². The molecule has 4 nitrogen and oxygen atoms in total. The summed E-state index contributed by atoms with van der Waals surface area (Å²) in [5, 5.41) is 6.10. The molecule has 1 aromatic rings. The minimum atomic E-state index is -0.114. The molecule has 0 spiro atoms. The Balaban J connectivity index is 2.21. The van der Waals surface area contributed by atoms with Gasteiger partial charge < -0.3 is 15.5 Å². The number of anilines is 2. The fourth-order valence-electron chi connectivity index (χ4n) is 2.74. The van der Waals surface area contributed by atoms with Crippen LogP contribution < -0.4 is 10.6 Å². The number of hydrogen-bond acceptors (Lipinski definition) is 3. The monoisotopic (exact) mass is 315 g/mol. The molecule has 1 aliphatic rings. The minimum absolute atomic E-state index is 0.0128. The fraction of sp³-hybridized carbons (Fsp3) is 0.526. The first-order valence-electron chi connectivity index (χ1n) is 8.22. The zero-order valence-corrected chi connectivity index (χ0v) is 15.2. The summed E-state index contributed by atoms with van der Waals surface area (Å²) in [5.74, 6) is -0.0128. The van der Waals surface area contributed by atoms with Crippen molar-refractivity contribution in [2.45, 2.75) is 46.6 Å². The summed E-state index contributed by atoms with van der Waals surface area (Å²) in [6.07, 6.45) is 3.02. The van der Waals surface area contributed by atoms with Gasteiger partial charge in [0.05, 0.1) is 0 Å². The van der Waals surface area contributed by atoms with Crippen LogP contribution in [0, 0.1) is 5.41 Å². The summed E-state index contributed by atoms with van der Waals surface area (Å²) >= 11 is 0. The van der Waals surface area contributed by atoms with Crippen molar-refractivity contribution in [3.05, 3.63) is 36.0 Å². The lowest BCUT2D eigenvalue weighted by Crippen LogP contribution is -2.44. The first-order valence-corrected chi connectivity index (χ1v) is 8.22. The van der Waals surface area contributed by atoms with Crippen LogP contribution in [0.15, 0.2) is 36.0 Å². The molecule has 0 saturated heterocycles. The Hall–Kier alpha value is -1.97. The molecule has 0 bridgehead atoms. The molecule has 0 fully saturated rings. The second kappa shape index (κ2) is 6.26. The molecule has 1 heterocycles. The van der Waals surface area contributed by atoms with E-state index < -0.39 is 0 Å². The molecule has 4 heteroatoms. The van der Waals surface area contributed by atoms with E-state index in [2.05, 4.69) is 50.2 Å². The van der Waals surface area contributed by atoms with Crippen molar-refractivity contribution in [1.29, 1.82) is 0 Å². The molecule has 0 aromatic heterocycles. The Morgan fingerprint density at radius 3 is 2.22 bits per heavy atom. The van der Waals surface area contributed by atoms with Crippen molar-refractivity contribution in [2.24, 2.45) is 5.41 Å². The van der Waals surface area contributed by atoms with Crippen LogP contribution in [0.25, 0.3) is 0 Å². The van der Waals surface area contributed by atoms with E-state index in [1.807, 2.05) is 37.5 Å². The highest BCUT2D eigenvalue weighted by molar-refractivity contribution is 6.04. The van der Waals surface area contributed by atoms with Gasteiger partial charge in [0, 0.05) is 42.3 Å². The molecule has 0 aliphatic carbocycles. The minimum Gasteiger partial charge on any atom is -0.388 e. The molecule has 0 atom stereocenters. The molecule has 2 rings (SSSR count). The SMILES string of the molecule is CNc1ccc(NC(=O)C2=CN(C(C)(C)C)CCC2(C)C)cc1. The Bertz CT molecular complexity index is 594. The van der Waals surface area contributed by atoms with E-state index in [4.69, 9.17) is 0 Å². The van der Waals surface area contributed by atoms with Crippen molar-refractivity contribution in [3.8, 4) is 0 Å². The van der Waals surface area contributed by atoms with E-state index >= 15 is 0 Å². The lowest BCUT2D eigenvalue weighted by molar-refractivity contribution is -0.114. The van der Waals surface area contributed by atoms with Gasteiger partial charge in [-0.2, -0.15) is 0 Å². The topological polar surface area (TPSA) is 44.4 Å². The van der Waals surface area contributed by atoms with E-state index in [0.29, 0.717) is 0 Å². The lowest BCUT2D eigenvalue weighted by atomic mass is 9.78. The predicted molar refractivity (Wildman–Crippen MR) is 97.6 cm³/mol. The third kappa shape index (κ3) is 4.06.